The van der Waals surface area contributed by atoms with E-state index in [1.165, 1.54) is 6.07 Å². The summed E-state index contributed by atoms with van der Waals surface area (Å²) >= 11 is 5.94. The molecule has 3 aromatic rings. The standard InChI is InChI=1S/C19H15ClFN3O2/c20-13-4-2-6-15(10-13)26-14-5-1-3-12(9-14)11-23-19(25)16-7-8-17(21)24-18(16)22/h1-10H,11H2,(H2,22,24)(H,23,25). The van der Waals surface area contributed by atoms with Gasteiger partial charge in [0.15, 0.2) is 0 Å². The van der Waals surface area contributed by atoms with Crippen molar-refractivity contribution >= 4 is 23.3 Å². The number of aromatic nitrogens is 1. The predicted molar refractivity (Wildman–Crippen MR) is 97.7 cm³/mol. The fourth-order valence-corrected chi connectivity index (χ4v) is 2.49. The SMILES string of the molecule is Nc1nc(F)ccc1C(=O)NCc1cccc(Oc2cccc(Cl)c2)c1. The number of anilines is 1. The lowest BCUT2D eigenvalue weighted by Gasteiger charge is -2.10. The summed E-state index contributed by atoms with van der Waals surface area (Å²) in [5.74, 6) is -0.0903. The van der Waals surface area contributed by atoms with Crippen molar-refractivity contribution in [2.75, 3.05) is 5.73 Å². The van der Waals surface area contributed by atoms with E-state index in [1.807, 2.05) is 12.1 Å². The third kappa shape index (κ3) is 4.49. The van der Waals surface area contributed by atoms with E-state index in [4.69, 9.17) is 22.1 Å². The monoisotopic (exact) mass is 371 g/mol. The first-order chi connectivity index (χ1) is 12.5. The van der Waals surface area contributed by atoms with Crippen molar-refractivity contribution in [3.8, 4) is 11.5 Å². The second-order valence-electron chi connectivity index (χ2n) is 5.46. The number of pyridine rings is 1. The Morgan fingerprint density at radius 1 is 1.12 bits per heavy atom. The first-order valence-corrected chi connectivity index (χ1v) is 8.11. The summed E-state index contributed by atoms with van der Waals surface area (Å²) in [6.45, 7) is 0.252. The first-order valence-electron chi connectivity index (χ1n) is 7.74. The molecule has 0 spiro atoms. The number of benzene rings is 2. The van der Waals surface area contributed by atoms with Crippen LogP contribution in [0.3, 0.4) is 0 Å². The second kappa shape index (κ2) is 7.84. The molecule has 2 aromatic carbocycles. The van der Waals surface area contributed by atoms with Crippen molar-refractivity contribution < 1.29 is 13.9 Å². The van der Waals surface area contributed by atoms with Crippen molar-refractivity contribution in [1.29, 1.82) is 0 Å². The van der Waals surface area contributed by atoms with E-state index in [0.717, 1.165) is 11.6 Å². The highest BCUT2D eigenvalue weighted by Gasteiger charge is 2.11. The van der Waals surface area contributed by atoms with Gasteiger partial charge >= 0.3 is 0 Å². The molecule has 0 saturated carbocycles. The summed E-state index contributed by atoms with van der Waals surface area (Å²) < 4.78 is 18.7. The number of halogens is 2. The largest absolute Gasteiger partial charge is 0.457 e. The molecule has 0 unspecified atom stereocenters. The zero-order valence-electron chi connectivity index (χ0n) is 13.6. The average molecular weight is 372 g/mol. The molecular weight excluding hydrogens is 357 g/mol. The molecule has 3 rings (SSSR count). The van der Waals surface area contributed by atoms with Crippen LogP contribution in [0.4, 0.5) is 10.2 Å². The third-order valence-electron chi connectivity index (χ3n) is 3.52. The van der Waals surface area contributed by atoms with E-state index in [1.54, 1.807) is 36.4 Å². The Kier molecular flexibility index (Phi) is 5.34. The minimum absolute atomic E-state index is 0.123. The molecule has 7 heteroatoms. The van der Waals surface area contributed by atoms with E-state index in [9.17, 15) is 9.18 Å². The quantitative estimate of drug-likeness (QED) is 0.659. The van der Waals surface area contributed by atoms with Gasteiger partial charge in [-0.3, -0.25) is 4.79 Å². The van der Waals surface area contributed by atoms with E-state index in [-0.39, 0.29) is 17.9 Å². The molecule has 1 heterocycles. The fourth-order valence-electron chi connectivity index (χ4n) is 2.31. The van der Waals surface area contributed by atoms with Gasteiger partial charge in [0.2, 0.25) is 5.95 Å². The van der Waals surface area contributed by atoms with E-state index < -0.39 is 11.9 Å². The van der Waals surface area contributed by atoms with E-state index in [0.29, 0.717) is 16.5 Å². The number of nitrogens with one attached hydrogen (secondary N) is 1. The van der Waals surface area contributed by atoms with Crippen LogP contribution in [0.2, 0.25) is 5.02 Å². The summed E-state index contributed by atoms with van der Waals surface area (Å²) in [5.41, 5.74) is 6.52. The lowest BCUT2D eigenvalue weighted by atomic mass is 10.2. The smallest absolute Gasteiger partial charge is 0.255 e. The molecule has 0 saturated heterocycles. The number of nitrogens with two attached hydrogens (primary N) is 1. The summed E-state index contributed by atoms with van der Waals surface area (Å²) in [6, 6.07) is 16.7. The van der Waals surface area contributed by atoms with Gasteiger partial charge in [-0.15, -0.1) is 0 Å². The van der Waals surface area contributed by atoms with Crippen molar-refractivity contribution in [2.24, 2.45) is 0 Å². The zero-order valence-corrected chi connectivity index (χ0v) is 14.3. The van der Waals surface area contributed by atoms with Crippen LogP contribution < -0.4 is 15.8 Å². The lowest BCUT2D eigenvalue weighted by molar-refractivity contribution is 0.0951. The number of nitrogens with zero attached hydrogens (tertiary/aromatic N) is 1. The molecule has 0 fully saturated rings. The second-order valence-corrected chi connectivity index (χ2v) is 5.89. The normalized spacial score (nSPS) is 10.4. The highest BCUT2D eigenvalue weighted by atomic mass is 35.5. The number of amides is 1. The number of ether oxygens (including phenoxy) is 1. The maximum Gasteiger partial charge on any atom is 0.255 e. The van der Waals surface area contributed by atoms with E-state index >= 15 is 0 Å². The van der Waals surface area contributed by atoms with Gasteiger partial charge in [-0.25, -0.2) is 4.98 Å². The molecule has 132 valence electrons. The summed E-state index contributed by atoms with van der Waals surface area (Å²) in [5, 5.41) is 3.30. The van der Waals surface area contributed by atoms with Crippen molar-refractivity contribution in [2.45, 2.75) is 6.54 Å². The Balaban J connectivity index is 1.66. The van der Waals surface area contributed by atoms with Gasteiger partial charge in [-0.1, -0.05) is 29.8 Å². The molecule has 0 radical (unpaired) electrons. The van der Waals surface area contributed by atoms with Gasteiger partial charge in [0.05, 0.1) is 5.56 Å². The number of hydrogen-bond donors (Lipinski definition) is 2. The molecule has 5 nitrogen and oxygen atoms in total. The maximum atomic E-state index is 13.0. The summed E-state index contributed by atoms with van der Waals surface area (Å²) in [4.78, 5) is 15.6. The summed E-state index contributed by atoms with van der Waals surface area (Å²) in [7, 11) is 0. The number of carbonyl (C=O) groups is 1. The Labute approximate surface area is 154 Å². The Morgan fingerprint density at radius 3 is 2.58 bits per heavy atom. The van der Waals surface area contributed by atoms with Crippen LogP contribution in [0, 0.1) is 5.95 Å². The van der Waals surface area contributed by atoms with Crippen LogP contribution in [0.1, 0.15) is 15.9 Å². The molecule has 0 aliphatic heterocycles. The van der Waals surface area contributed by atoms with Crippen LogP contribution in [-0.2, 0) is 6.54 Å². The van der Waals surface area contributed by atoms with Gasteiger partial charge in [-0.05, 0) is 48.0 Å². The van der Waals surface area contributed by atoms with Crippen LogP contribution >= 0.6 is 11.6 Å². The molecule has 1 aromatic heterocycles. The molecule has 1 amide bonds. The molecule has 0 aliphatic rings. The highest BCUT2D eigenvalue weighted by Crippen LogP contribution is 2.24. The fraction of sp³-hybridized carbons (Fsp3) is 0.0526. The average Bonchev–Trinajstić information content (AvgIpc) is 2.60. The van der Waals surface area contributed by atoms with Crippen LogP contribution in [0.15, 0.2) is 60.7 Å². The van der Waals surface area contributed by atoms with Crippen molar-refractivity contribution in [3.63, 3.8) is 0 Å². The van der Waals surface area contributed by atoms with Gasteiger partial charge < -0.3 is 15.8 Å². The molecule has 3 N–H and O–H groups in total. The molecule has 26 heavy (non-hydrogen) atoms. The molecule has 0 atom stereocenters. The van der Waals surface area contributed by atoms with Gasteiger partial charge in [-0.2, -0.15) is 4.39 Å². The number of hydrogen-bond acceptors (Lipinski definition) is 4. The Morgan fingerprint density at radius 2 is 1.85 bits per heavy atom. The molecule has 0 aliphatic carbocycles. The van der Waals surface area contributed by atoms with E-state index in [2.05, 4.69) is 10.3 Å². The number of rotatable bonds is 5. The highest BCUT2D eigenvalue weighted by molar-refractivity contribution is 6.30. The minimum atomic E-state index is -0.732. The van der Waals surface area contributed by atoms with Gasteiger partial charge in [0.1, 0.15) is 17.3 Å². The van der Waals surface area contributed by atoms with Crippen molar-refractivity contribution in [1.82, 2.24) is 10.3 Å². The predicted octanol–water partition coefficient (Wildman–Crippen LogP) is 4.18. The Bertz CT molecular complexity index is 950. The van der Waals surface area contributed by atoms with Crippen LogP contribution in [-0.4, -0.2) is 10.9 Å². The van der Waals surface area contributed by atoms with Crippen LogP contribution in [0.5, 0.6) is 11.5 Å². The molecular formula is C19H15ClFN3O2. The third-order valence-corrected chi connectivity index (χ3v) is 3.75. The Hall–Kier alpha value is -3.12. The van der Waals surface area contributed by atoms with Gasteiger partial charge in [0.25, 0.3) is 5.91 Å². The summed E-state index contributed by atoms with van der Waals surface area (Å²) in [6.07, 6.45) is 0. The lowest BCUT2D eigenvalue weighted by Crippen LogP contribution is -2.24. The first kappa shape index (κ1) is 17.7. The zero-order chi connectivity index (χ0) is 18.5. The van der Waals surface area contributed by atoms with Crippen LogP contribution in [0.25, 0.3) is 0 Å². The minimum Gasteiger partial charge on any atom is -0.457 e. The number of carbonyl (C=O) groups excluding carboxylic acids is 1. The van der Waals surface area contributed by atoms with Crippen molar-refractivity contribution in [3.05, 3.63) is 82.8 Å². The molecule has 0 bridgehead atoms. The maximum absolute atomic E-state index is 13.0. The topological polar surface area (TPSA) is 77.2 Å². The van der Waals surface area contributed by atoms with Gasteiger partial charge in [0, 0.05) is 11.6 Å². The number of nitrogen functional groups attached to an aromatic ring is 1.